The number of nitrogens with zero attached hydrogens (tertiary/aromatic N) is 1. The van der Waals surface area contributed by atoms with Crippen LogP contribution in [0.4, 0.5) is 10.1 Å². The first kappa shape index (κ1) is 20.2. The Kier molecular flexibility index (Phi) is 5.44. The summed E-state index contributed by atoms with van der Waals surface area (Å²) in [7, 11) is 4.50. The molecule has 0 aliphatic carbocycles. The molecule has 31 heavy (non-hydrogen) atoms. The minimum atomic E-state index is -0.349. The van der Waals surface area contributed by atoms with Gasteiger partial charge in [0.25, 0.3) is 5.91 Å². The van der Waals surface area contributed by atoms with E-state index in [2.05, 4.69) is 10.5 Å². The molecule has 0 fully saturated rings. The highest BCUT2D eigenvalue weighted by Crippen LogP contribution is 2.40. The van der Waals surface area contributed by atoms with Gasteiger partial charge in [-0.05, 0) is 42.5 Å². The zero-order chi connectivity index (χ0) is 22.0. The molecule has 1 amide bonds. The number of carbonyl (C=O) groups is 1. The maximum absolute atomic E-state index is 13.3. The van der Waals surface area contributed by atoms with E-state index in [-0.39, 0.29) is 11.7 Å². The molecule has 0 spiro atoms. The quantitative estimate of drug-likeness (QED) is 0.475. The van der Waals surface area contributed by atoms with Crippen LogP contribution in [0.5, 0.6) is 17.2 Å². The van der Waals surface area contributed by atoms with Gasteiger partial charge in [0.2, 0.25) is 5.75 Å². The molecule has 0 saturated heterocycles. The molecule has 0 unspecified atom stereocenters. The number of hydrogen-bond donors (Lipinski definition) is 1. The molecule has 0 aliphatic heterocycles. The van der Waals surface area contributed by atoms with Crippen molar-refractivity contribution < 1.29 is 27.9 Å². The highest BCUT2D eigenvalue weighted by molar-refractivity contribution is 6.07. The molecule has 0 bridgehead atoms. The van der Waals surface area contributed by atoms with Gasteiger partial charge in [-0.25, -0.2) is 4.39 Å². The second kappa shape index (κ2) is 8.35. The third-order valence-corrected chi connectivity index (χ3v) is 4.77. The lowest BCUT2D eigenvalue weighted by molar-refractivity contribution is 0.102. The molecule has 1 N–H and O–H groups in total. The lowest BCUT2D eigenvalue weighted by atomic mass is 10.1. The number of benzene rings is 3. The van der Waals surface area contributed by atoms with Crippen LogP contribution < -0.4 is 19.5 Å². The minimum Gasteiger partial charge on any atom is -0.493 e. The molecule has 4 aromatic rings. The van der Waals surface area contributed by atoms with Gasteiger partial charge in [0.05, 0.1) is 26.7 Å². The molecular weight excluding hydrogens is 403 g/mol. The van der Waals surface area contributed by atoms with Gasteiger partial charge < -0.3 is 24.1 Å². The van der Waals surface area contributed by atoms with Gasteiger partial charge in [-0.15, -0.1) is 0 Å². The number of ether oxygens (including phenoxy) is 3. The molecule has 0 aliphatic rings. The molecule has 0 atom stereocenters. The lowest BCUT2D eigenvalue weighted by Gasteiger charge is -2.14. The average molecular weight is 422 g/mol. The Labute approximate surface area is 177 Å². The van der Waals surface area contributed by atoms with Gasteiger partial charge in [0.1, 0.15) is 11.3 Å². The first-order valence-corrected chi connectivity index (χ1v) is 9.30. The van der Waals surface area contributed by atoms with Gasteiger partial charge in [-0.3, -0.25) is 4.79 Å². The Morgan fingerprint density at radius 1 is 0.935 bits per heavy atom. The van der Waals surface area contributed by atoms with Crippen LogP contribution >= 0.6 is 0 Å². The van der Waals surface area contributed by atoms with E-state index >= 15 is 0 Å². The average Bonchev–Trinajstić information content (AvgIpc) is 3.22. The van der Waals surface area contributed by atoms with Crippen LogP contribution in [-0.2, 0) is 0 Å². The highest BCUT2D eigenvalue weighted by atomic mass is 19.1. The summed E-state index contributed by atoms with van der Waals surface area (Å²) in [6.07, 6.45) is 0. The molecule has 1 aromatic heterocycles. The van der Waals surface area contributed by atoms with E-state index in [0.29, 0.717) is 50.7 Å². The maximum Gasteiger partial charge on any atom is 0.255 e. The van der Waals surface area contributed by atoms with Crippen LogP contribution in [0.15, 0.2) is 59.1 Å². The van der Waals surface area contributed by atoms with Crippen molar-refractivity contribution >= 4 is 22.5 Å². The van der Waals surface area contributed by atoms with Crippen molar-refractivity contribution in [1.29, 1.82) is 0 Å². The van der Waals surface area contributed by atoms with E-state index in [1.807, 2.05) is 0 Å². The summed E-state index contributed by atoms with van der Waals surface area (Å²) in [5.41, 5.74) is 2.12. The number of fused-ring (bicyclic) bond motifs is 1. The van der Waals surface area contributed by atoms with Gasteiger partial charge in [-0.1, -0.05) is 5.16 Å². The molecule has 0 radical (unpaired) electrons. The van der Waals surface area contributed by atoms with Gasteiger partial charge in [-0.2, -0.15) is 0 Å². The highest BCUT2D eigenvalue weighted by Gasteiger charge is 2.17. The largest absolute Gasteiger partial charge is 0.493 e. The van der Waals surface area contributed by atoms with Crippen LogP contribution in [0.1, 0.15) is 10.4 Å². The predicted octanol–water partition coefficient (Wildman–Crippen LogP) is 4.91. The van der Waals surface area contributed by atoms with Crippen LogP contribution in [-0.4, -0.2) is 32.4 Å². The van der Waals surface area contributed by atoms with Gasteiger partial charge in [0, 0.05) is 28.9 Å². The molecule has 1 heterocycles. The lowest BCUT2D eigenvalue weighted by Crippen LogP contribution is -2.12. The Morgan fingerprint density at radius 3 is 2.23 bits per heavy atom. The van der Waals surface area contributed by atoms with Crippen molar-refractivity contribution in [3.05, 3.63) is 66.0 Å². The number of anilines is 1. The number of nitrogens with one attached hydrogen (secondary N) is 1. The Hall–Kier alpha value is -4.07. The molecule has 8 heteroatoms. The molecule has 0 saturated carbocycles. The summed E-state index contributed by atoms with van der Waals surface area (Å²) in [5, 5.41) is 7.49. The molecule has 3 aromatic carbocycles. The number of halogens is 1. The number of hydrogen-bond acceptors (Lipinski definition) is 6. The number of aromatic nitrogens is 1. The van der Waals surface area contributed by atoms with Gasteiger partial charge >= 0.3 is 0 Å². The van der Waals surface area contributed by atoms with Crippen molar-refractivity contribution in [3.8, 4) is 28.6 Å². The summed E-state index contributed by atoms with van der Waals surface area (Å²) in [6, 6.07) is 14.2. The monoisotopic (exact) mass is 422 g/mol. The predicted molar refractivity (Wildman–Crippen MR) is 113 cm³/mol. The van der Waals surface area contributed by atoms with Crippen molar-refractivity contribution in [2.45, 2.75) is 0 Å². The van der Waals surface area contributed by atoms with Gasteiger partial charge in [0.15, 0.2) is 17.3 Å². The minimum absolute atomic E-state index is 0.345. The van der Waals surface area contributed by atoms with Crippen LogP contribution in [0.25, 0.3) is 22.2 Å². The molecule has 158 valence electrons. The van der Waals surface area contributed by atoms with E-state index in [1.165, 1.54) is 33.5 Å². The fourth-order valence-electron chi connectivity index (χ4n) is 3.25. The fourth-order valence-corrected chi connectivity index (χ4v) is 3.25. The Morgan fingerprint density at radius 2 is 1.61 bits per heavy atom. The zero-order valence-electron chi connectivity index (χ0n) is 17.1. The number of amides is 1. The van der Waals surface area contributed by atoms with E-state index in [1.54, 1.807) is 42.5 Å². The van der Waals surface area contributed by atoms with E-state index in [0.717, 1.165) is 0 Å². The molecule has 7 nitrogen and oxygen atoms in total. The van der Waals surface area contributed by atoms with Crippen molar-refractivity contribution in [2.24, 2.45) is 0 Å². The number of carbonyl (C=O) groups excluding carboxylic acids is 1. The summed E-state index contributed by atoms with van der Waals surface area (Å²) >= 11 is 0. The van der Waals surface area contributed by atoms with Crippen LogP contribution in [0, 0.1) is 5.82 Å². The summed E-state index contributed by atoms with van der Waals surface area (Å²) in [5.74, 6) is 1.03. The Bertz CT molecular complexity index is 1230. The number of methoxy groups -OCH3 is 3. The fraction of sp³-hybridized carbons (Fsp3) is 0.130. The SMILES string of the molecule is COc1cc(NC(=O)c2ccc3noc(-c4ccc(F)cc4)c3c2)cc(OC)c1OC. The second-order valence-electron chi connectivity index (χ2n) is 6.62. The summed E-state index contributed by atoms with van der Waals surface area (Å²) < 4.78 is 34.6. The van der Waals surface area contributed by atoms with Crippen LogP contribution in [0.2, 0.25) is 0 Å². The zero-order valence-corrected chi connectivity index (χ0v) is 17.1. The first-order valence-electron chi connectivity index (χ1n) is 9.30. The van der Waals surface area contributed by atoms with E-state index < -0.39 is 0 Å². The van der Waals surface area contributed by atoms with Crippen molar-refractivity contribution in [2.75, 3.05) is 26.6 Å². The molecular formula is C23H19FN2O5. The first-order chi connectivity index (χ1) is 15.0. The van der Waals surface area contributed by atoms with E-state index in [4.69, 9.17) is 18.7 Å². The standard InChI is InChI=1S/C23H19FN2O5/c1-28-19-11-16(12-20(29-2)22(19)30-3)25-23(27)14-6-9-18-17(10-14)21(31-26-18)13-4-7-15(24)8-5-13/h4-12H,1-3H3,(H,25,27). The maximum atomic E-state index is 13.3. The summed E-state index contributed by atoms with van der Waals surface area (Å²) in [6.45, 7) is 0. The number of rotatable bonds is 6. The third-order valence-electron chi connectivity index (χ3n) is 4.77. The second-order valence-corrected chi connectivity index (χ2v) is 6.62. The third kappa shape index (κ3) is 3.87. The smallest absolute Gasteiger partial charge is 0.255 e. The topological polar surface area (TPSA) is 82.8 Å². The summed E-state index contributed by atoms with van der Waals surface area (Å²) in [4.78, 5) is 12.9. The Balaban J connectivity index is 1.67. The molecule has 4 rings (SSSR count). The van der Waals surface area contributed by atoms with E-state index in [9.17, 15) is 9.18 Å². The van der Waals surface area contributed by atoms with Crippen molar-refractivity contribution in [1.82, 2.24) is 5.16 Å². The van der Waals surface area contributed by atoms with Crippen LogP contribution in [0.3, 0.4) is 0 Å². The normalized spacial score (nSPS) is 10.7. The van der Waals surface area contributed by atoms with Crippen molar-refractivity contribution in [3.63, 3.8) is 0 Å².